The van der Waals surface area contributed by atoms with Crippen LogP contribution in [0.25, 0.3) is 54.5 Å². The molecule has 27 nitrogen and oxygen atoms in total. The fourth-order valence-corrected chi connectivity index (χ4v) is 17.8. The van der Waals surface area contributed by atoms with Crippen LogP contribution in [-0.2, 0) is 61.7 Å². The number of thiophene rings is 3. The van der Waals surface area contributed by atoms with Crippen LogP contribution in [0.1, 0.15) is 18.1 Å². The van der Waals surface area contributed by atoms with Gasteiger partial charge < -0.3 is 50.9 Å². The molecule has 0 saturated heterocycles. The minimum atomic E-state index is -4.17. The zero-order valence-electron chi connectivity index (χ0n) is 55.5. The Morgan fingerprint density at radius 3 is 1.15 bits per heavy atom. The molecule has 0 atom stereocenters. The minimum absolute atomic E-state index is 0. The number of halogens is 6. The summed E-state index contributed by atoms with van der Waals surface area (Å²) < 4.78 is 126. The van der Waals surface area contributed by atoms with Gasteiger partial charge in [-0.3, -0.25) is 24.0 Å². The van der Waals surface area contributed by atoms with Crippen molar-refractivity contribution in [1.82, 2.24) is 28.7 Å². The van der Waals surface area contributed by atoms with Crippen molar-refractivity contribution >= 4 is 172 Å². The average molecular weight is 1650 g/mol. The van der Waals surface area contributed by atoms with Gasteiger partial charge >= 0.3 is 74.4 Å². The van der Waals surface area contributed by atoms with Gasteiger partial charge in [-0.2, -0.15) is 0 Å². The van der Waals surface area contributed by atoms with E-state index in [0.717, 1.165) is 65.9 Å². The van der Waals surface area contributed by atoms with Gasteiger partial charge in [-0.1, -0.05) is 59.1 Å². The molecule has 0 saturated carbocycles. The maximum atomic E-state index is 14.2. The number of aromatic nitrogens is 6. The third kappa shape index (κ3) is 19.9. The van der Waals surface area contributed by atoms with Crippen LogP contribution < -0.4 is 107 Å². The normalized spacial score (nSPS) is 11.3. The summed E-state index contributed by atoms with van der Waals surface area (Å²) in [6.07, 6.45) is -0.473. The van der Waals surface area contributed by atoms with E-state index in [1.165, 1.54) is 117 Å². The molecule has 8 N–H and O–H groups in total. The van der Waals surface area contributed by atoms with Gasteiger partial charge in [0.2, 0.25) is 0 Å². The molecule has 0 bridgehead atoms. The molecule has 0 fully saturated rings. The van der Waals surface area contributed by atoms with E-state index in [2.05, 4.69) is 40.4 Å². The van der Waals surface area contributed by atoms with Gasteiger partial charge in [-0.15, -0.1) is 34.0 Å². The molecule has 0 spiro atoms. The van der Waals surface area contributed by atoms with Gasteiger partial charge in [-0.25, -0.2) is 66.5 Å². The van der Waals surface area contributed by atoms with E-state index in [1.54, 1.807) is 38.2 Å². The van der Waals surface area contributed by atoms with Crippen molar-refractivity contribution in [3.8, 4) is 17.1 Å². The van der Waals surface area contributed by atoms with Gasteiger partial charge in [0.05, 0.1) is 92.4 Å². The van der Waals surface area contributed by atoms with Gasteiger partial charge in [0, 0.05) is 39.7 Å². The number of rotatable bonds is 19. The number of nitrogens with zero attached hydrogens (tertiary/aromatic N) is 4. The number of hydrogen-bond acceptors (Lipinski definition) is 23. The first-order valence-corrected chi connectivity index (χ1v) is 38.4. The Hall–Kier alpha value is -8.80. The van der Waals surface area contributed by atoms with Crippen LogP contribution in [-0.4, -0.2) is 111 Å². The zero-order chi connectivity index (χ0) is 76.6. The summed E-state index contributed by atoms with van der Waals surface area (Å²) in [5, 5.41) is 8.00. The number of ketones is 1. The summed E-state index contributed by atoms with van der Waals surface area (Å²) in [6.45, 7) is 1.78. The first kappa shape index (κ1) is 82.8. The quantitative estimate of drug-likeness (QED) is 0.0250. The van der Waals surface area contributed by atoms with E-state index in [0.29, 0.717) is 31.2 Å². The summed E-state index contributed by atoms with van der Waals surface area (Å²) in [5.41, 5.74) is 4.81. The number of aromatic amines is 3. The first-order valence-electron chi connectivity index (χ1n) is 30.1. The fourth-order valence-electron chi connectivity index (χ4n) is 9.88. The second-order valence-electron chi connectivity index (χ2n) is 21.9. The predicted octanol–water partition coefficient (Wildman–Crippen LogP) is 6.75. The van der Waals surface area contributed by atoms with E-state index in [-0.39, 0.29) is 149 Å². The van der Waals surface area contributed by atoms with Crippen molar-refractivity contribution in [2.45, 2.75) is 32.4 Å². The number of sulfone groups is 2. The Morgan fingerprint density at radius 2 is 0.821 bits per heavy atom. The van der Waals surface area contributed by atoms with Crippen LogP contribution in [0.2, 0.25) is 13.0 Å². The average Bonchev–Trinajstić information content (AvgIpc) is 0.984. The van der Waals surface area contributed by atoms with Crippen molar-refractivity contribution in [1.29, 1.82) is 0 Å². The number of Topliss-reactive ketones (excluding diaryl/α,β-unsaturated/α-hetero) is 1. The number of H-pyrrole nitrogens is 3. The molecule has 6 aromatic carbocycles. The summed E-state index contributed by atoms with van der Waals surface area (Å²) >= 11 is 19.7. The molecule has 0 aliphatic carbocycles. The fraction of sp³-hybridized carbons (Fsp3) is 0.136. The Morgan fingerprint density at radius 1 is 0.491 bits per heavy atom. The molecular formula is C66H54Cl3F3KN11O16S6. The number of nitrogens with one attached hydrogen (secondary N) is 6. The zero-order valence-corrected chi connectivity index (χ0v) is 65.8. The predicted molar refractivity (Wildman–Crippen MR) is 400 cm³/mol. The van der Waals surface area contributed by atoms with Crippen LogP contribution >= 0.6 is 68.8 Å². The van der Waals surface area contributed by atoms with E-state index >= 15 is 0 Å². The van der Waals surface area contributed by atoms with E-state index in [9.17, 15) is 81.6 Å². The number of esters is 1. The molecular weight excluding hydrogens is 1600 g/mol. The molecule has 40 heteroatoms. The van der Waals surface area contributed by atoms with E-state index in [4.69, 9.17) is 40.5 Å². The monoisotopic (exact) mass is 1650 g/mol. The van der Waals surface area contributed by atoms with Gasteiger partial charge in [0.1, 0.15) is 45.9 Å². The molecule has 0 aliphatic heterocycles. The number of sulfonamides is 1. The van der Waals surface area contributed by atoms with Crippen LogP contribution in [0.4, 0.5) is 35.9 Å². The molecule has 6 aromatic heterocycles. The van der Waals surface area contributed by atoms with Crippen molar-refractivity contribution in [3.05, 3.63) is 254 Å². The van der Waals surface area contributed by atoms with Crippen LogP contribution in [0, 0.1) is 17.5 Å². The molecule has 6 heterocycles. The molecule has 12 rings (SSSR count). The molecule has 12 aromatic rings. The largest absolute Gasteiger partial charge is 1.00 e. The number of amides is 1. The Kier molecular flexibility index (Phi) is 27.6. The number of benzene rings is 6. The topological polar surface area (TPSA) is 404 Å². The smallest absolute Gasteiger partial charge is 0.541 e. The second-order valence-corrected chi connectivity index (χ2v) is 33.3. The first-order chi connectivity index (χ1) is 49.6. The van der Waals surface area contributed by atoms with Crippen LogP contribution in [0.5, 0.6) is 0 Å². The van der Waals surface area contributed by atoms with Crippen molar-refractivity contribution in [2.75, 3.05) is 60.9 Å². The number of carbonyl (C=O) groups excluding carboxylic acids is 3. The summed E-state index contributed by atoms with van der Waals surface area (Å²) in [6, 6.07) is 33.5. The summed E-state index contributed by atoms with van der Waals surface area (Å²) in [5.74, 6) is -5.33. The van der Waals surface area contributed by atoms with Crippen LogP contribution in [0.15, 0.2) is 187 Å². The maximum absolute atomic E-state index is 14.2. The molecule has 0 unspecified atom stereocenters. The molecule has 548 valence electrons. The molecule has 0 radical (unpaired) electrons. The van der Waals surface area contributed by atoms with Crippen molar-refractivity contribution in [2.24, 2.45) is 0 Å². The number of carbonyl (C=O) groups is 3. The van der Waals surface area contributed by atoms with E-state index < -0.39 is 110 Å². The van der Waals surface area contributed by atoms with Crippen molar-refractivity contribution < 1.29 is 109 Å². The van der Waals surface area contributed by atoms with E-state index in [1.807, 2.05) is 0 Å². The summed E-state index contributed by atoms with van der Waals surface area (Å²) in [4.78, 5) is 119. The minimum Gasteiger partial charge on any atom is -0.541 e. The number of nitrogen functional groups attached to an aromatic ring is 1. The third-order valence-corrected chi connectivity index (χ3v) is 24.6. The Bertz CT molecular complexity index is 5890. The SMILES string of the molecule is CCOC(=O)CS(=O)(=O)c1ccc(Cl)s1.CNc1cc2[nH]c(=O)n(-c3ccc(CC(=O)CS(=O)(=O)c4ccc(Cl)s4)cc3)c(=O)c2cc1F.CNc1cc2[nH]c(=O)n(-c3ccc(CC(=O)[N-]S(=O)(=O)c4ccc(Cl)s4)cc3)c(=O)c2cc1F.CNc1cc2[nH]c(=O)n(-c3ccc(N)cc3)c(=O)c2cc1F.[K+]. The number of anilines is 4. The third-order valence-electron chi connectivity index (χ3n) is 14.8. The number of ether oxygens (including phenoxy) is 1. The molecule has 106 heavy (non-hydrogen) atoms. The Balaban J connectivity index is 0.000000186. The standard InChI is InChI=1S/C22H17ClFN3O5S2.C21H16ClFN4O5S2.C15H13FN4O2.C8H9ClO4S2.K/c1-25-18-10-17-15(9-16(18)24)21(29)27(22(30)26-17)13-4-2-12(3-5-13)8-14(28)11-34(31,32)20-7-6-19(23)33-20;1-24-16-10-15-13(9-14(16)23)20(29)27(21(30)25-15)12-4-2-11(3-5-12)8-18(28)26-34(31,32)19-7-6-17(22)33-19;1-18-13-7-12-10(6-11(13)16)14(21)20(15(22)19-12)9-4-2-8(17)3-5-9;1-2-13-7(10)5-15(11,12)8-4-3-6(9)14-8;/h2-7,9-10,25H,8,11H2,1H3,(H,26,30);2-7,9-10H,8H2,1H3,(H3,24,25,26,28,29,30);2-7,18H,17H2,1H3,(H,19,22);3-4H,2,5H2,1H3;/q;;;;+1/p-1. The second kappa shape index (κ2) is 35.3. The van der Waals surface area contributed by atoms with Crippen molar-refractivity contribution in [3.63, 3.8) is 0 Å². The van der Waals surface area contributed by atoms with Gasteiger partial charge in [-0.05, 0) is 139 Å². The number of fused-ring (bicyclic) bond motifs is 3. The maximum Gasteiger partial charge on any atom is 1.00 e. The summed E-state index contributed by atoms with van der Waals surface area (Å²) in [7, 11) is -6.98. The molecule has 1 amide bonds. The van der Waals surface area contributed by atoms with Gasteiger partial charge in [0.15, 0.2) is 31.2 Å². The number of nitrogens with two attached hydrogens (primary N) is 1. The van der Waals surface area contributed by atoms with Gasteiger partial charge in [0.25, 0.3) is 16.7 Å². The Labute approximate surface area is 667 Å². The molecule has 0 aliphatic rings. The number of hydrogen-bond donors (Lipinski definition) is 7. The van der Waals surface area contributed by atoms with Crippen LogP contribution in [0.3, 0.4) is 0 Å².